The van der Waals surface area contributed by atoms with Gasteiger partial charge in [0.1, 0.15) is 0 Å². The van der Waals surface area contributed by atoms with Gasteiger partial charge in [0.05, 0.1) is 28.1 Å². The number of carbonyl (C=O) groups excluding carboxylic acids is 2. The maximum atomic E-state index is 12.5. The van der Waals surface area contributed by atoms with Gasteiger partial charge in [0, 0.05) is 6.54 Å². The maximum absolute atomic E-state index is 12.5. The van der Waals surface area contributed by atoms with Crippen molar-refractivity contribution >= 4 is 50.2 Å². The number of hydrogen-bond acceptors (Lipinski definition) is 7. The second-order valence-electron chi connectivity index (χ2n) is 6.34. The number of thioether (sulfide) groups is 1. The third-order valence-electron chi connectivity index (χ3n) is 4.40. The number of rotatable bonds is 6. The predicted octanol–water partition coefficient (Wildman–Crippen LogP) is 3.53. The number of esters is 1. The minimum Gasteiger partial charge on any atom is -0.465 e. The van der Waals surface area contributed by atoms with Crippen LogP contribution in [0.3, 0.4) is 0 Å². The number of benzene rings is 2. The molecule has 7 nitrogen and oxygen atoms in total. The molecule has 1 N–H and O–H groups in total. The largest absolute Gasteiger partial charge is 0.465 e. The van der Waals surface area contributed by atoms with E-state index in [2.05, 4.69) is 20.3 Å². The Hall–Kier alpha value is -2.91. The Morgan fingerprint density at radius 3 is 2.69 bits per heavy atom. The average Bonchev–Trinajstić information content (AvgIpc) is 3.31. The summed E-state index contributed by atoms with van der Waals surface area (Å²) >= 11 is 2.95. The van der Waals surface area contributed by atoms with Crippen molar-refractivity contribution < 1.29 is 14.3 Å². The van der Waals surface area contributed by atoms with E-state index in [-0.39, 0.29) is 17.1 Å². The van der Waals surface area contributed by atoms with Crippen molar-refractivity contribution in [2.75, 3.05) is 7.11 Å². The molecule has 148 valence electrons. The summed E-state index contributed by atoms with van der Waals surface area (Å²) in [5, 5.41) is 11.8. The molecule has 0 fully saturated rings. The molecule has 0 bridgehead atoms. The summed E-state index contributed by atoms with van der Waals surface area (Å²) in [5.74, 6) is -0.477. The molecule has 9 heteroatoms. The zero-order valence-corrected chi connectivity index (χ0v) is 17.4. The molecule has 0 unspecified atom stereocenters. The second kappa shape index (κ2) is 8.22. The molecule has 2 heterocycles. The molecule has 1 atom stereocenters. The molecule has 4 aromatic rings. The minimum absolute atomic E-state index is 0.0941. The van der Waals surface area contributed by atoms with E-state index in [0.717, 1.165) is 20.7 Å². The summed E-state index contributed by atoms with van der Waals surface area (Å²) in [7, 11) is 1.34. The molecule has 2 aromatic carbocycles. The molecule has 0 saturated carbocycles. The second-order valence-corrected chi connectivity index (χ2v) is 8.65. The number of carbonyl (C=O) groups is 2. The van der Waals surface area contributed by atoms with Gasteiger partial charge < -0.3 is 10.1 Å². The Balaban J connectivity index is 1.41. The Kier molecular flexibility index (Phi) is 5.50. The van der Waals surface area contributed by atoms with Gasteiger partial charge in [-0.15, -0.1) is 10.2 Å². The lowest BCUT2D eigenvalue weighted by molar-refractivity contribution is -0.120. The summed E-state index contributed by atoms with van der Waals surface area (Å²) in [5.41, 5.74) is 2.42. The lowest BCUT2D eigenvalue weighted by atomic mass is 10.1. The van der Waals surface area contributed by atoms with Gasteiger partial charge in [-0.1, -0.05) is 47.4 Å². The summed E-state index contributed by atoms with van der Waals surface area (Å²) in [4.78, 5) is 24.8. The van der Waals surface area contributed by atoms with Crippen molar-refractivity contribution in [1.82, 2.24) is 19.9 Å². The molecular formula is C20H18N4O3S2. The first-order valence-electron chi connectivity index (χ1n) is 8.91. The Labute approximate surface area is 175 Å². The van der Waals surface area contributed by atoms with Crippen LogP contribution in [0.25, 0.3) is 15.2 Å². The van der Waals surface area contributed by atoms with Crippen LogP contribution in [0, 0.1) is 0 Å². The minimum atomic E-state index is -0.383. The number of ether oxygens (including phenoxy) is 1. The molecule has 0 saturated heterocycles. The van der Waals surface area contributed by atoms with Gasteiger partial charge in [-0.3, -0.25) is 9.20 Å². The van der Waals surface area contributed by atoms with Crippen molar-refractivity contribution in [2.45, 2.75) is 23.9 Å². The van der Waals surface area contributed by atoms with Crippen LogP contribution in [-0.4, -0.2) is 38.8 Å². The number of thiazole rings is 1. The van der Waals surface area contributed by atoms with E-state index >= 15 is 0 Å². The average molecular weight is 427 g/mol. The summed E-state index contributed by atoms with van der Waals surface area (Å²) in [6, 6.07) is 15.0. The highest BCUT2D eigenvalue weighted by atomic mass is 32.2. The number of para-hydroxylation sites is 1. The van der Waals surface area contributed by atoms with Crippen molar-refractivity contribution in [3.05, 3.63) is 59.7 Å². The third kappa shape index (κ3) is 3.96. The van der Waals surface area contributed by atoms with E-state index in [0.29, 0.717) is 17.3 Å². The van der Waals surface area contributed by atoms with E-state index in [1.165, 1.54) is 18.9 Å². The quantitative estimate of drug-likeness (QED) is 0.375. The van der Waals surface area contributed by atoms with Crippen LogP contribution in [0.4, 0.5) is 0 Å². The molecule has 0 radical (unpaired) electrons. The van der Waals surface area contributed by atoms with Crippen LogP contribution in [0.15, 0.2) is 53.7 Å². The number of aromatic nitrogens is 3. The van der Waals surface area contributed by atoms with Crippen LogP contribution < -0.4 is 5.32 Å². The highest BCUT2D eigenvalue weighted by molar-refractivity contribution is 8.00. The van der Waals surface area contributed by atoms with Crippen LogP contribution in [-0.2, 0) is 16.1 Å². The zero-order chi connectivity index (χ0) is 20.4. The standard InChI is InChI=1S/C20H18N4O3S2/c1-12(17(25)21-11-13-7-9-14(10-8-13)18(26)27-2)28-19-22-23-20-24(19)15-5-3-4-6-16(15)29-20/h3-10,12H,11H2,1-2H3,(H,21,25)/t12-/m1/s1. The van der Waals surface area contributed by atoms with Crippen LogP contribution in [0.2, 0.25) is 0 Å². The third-order valence-corrected chi connectivity index (χ3v) is 6.46. The van der Waals surface area contributed by atoms with E-state index in [1.54, 1.807) is 35.6 Å². The first kappa shape index (κ1) is 19.4. The summed E-state index contributed by atoms with van der Waals surface area (Å²) in [6.45, 7) is 2.22. The number of fused-ring (bicyclic) bond motifs is 3. The molecule has 4 rings (SSSR count). The molecule has 29 heavy (non-hydrogen) atoms. The fourth-order valence-corrected chi connectivity index (χ4v) is 4.76. The summed E-state index contributed by atoms with van der Waals surface area (Å²) in [6.07, 6.45) is 0. The van der Waals surface area contributed by atoms with Gasteiger partial charge in [-0.05, 0) is 36.8 Å². The molecule has 0 aliphatic rings. The number of nitrogens with zero attached hydrogens (tertiary/aromatic N) is 3. The van der Waals surface area contributed by atoms with Crippen LogP contribution in [0.5, 0.6) is 0 Å². The topological polar surface area (TPSA) is 85.6 Å². The fraction of sp³-hybridized carbons (Fsp3) is 0.200. The summed E-state index contributed by atoms with van der Waals surface area (Å²) < 4.78 is 7.80. The molecule has 2 aromatic heterocycles. The molecule has 0 aliphatic heterocycles. The number of hydrogen-bond donors (Lipinski definition) is 1. The fourth-order valence-electron chi connectivity index (χ4n) is 2.85. The zero-order valence-electron chi connectivity index (χ0n) is 15.8. The predicted molar refractivity (Wildman–Crippen MR) is 113 cm³/mol. The lowest BCUT2D eigenvalue weighted by Gasteiger charge is -2.11. The molecule has 0 spiro atoms. The Bertz CT molecular complexity index is 1180. The van der Waals surface area contributed by atoms with Crippen molar-refractivity contribution in [3.63, 3.8) is 0 Å². The normalized spacial score (nSPS) is 12.2. The van der Waals surface area contributed by atoms with E-state index in [4.69, 9.17) is 0 Å². The van der Waals surface area contributed by atoms with Gasteiger partial charge in [-0.2, -0.15) is 0 Å². The van der Waals surface area contributed by atoms with Crippen LogP contribution >= 0.6 is 23.1 Å². The SMILES string of the molecule is COC(=O)c1ccc(CNC(=O)[C@@H](C)Sc2nnc3sc4ccccc4n23)cc1. The monoisotopic (exact) mass is 426 g/mol. The Morgan fingerprint density at radius 2 is 1.93 bits per heavy atom. The number of nitrogens with one attached hydrogen (secondary N) is 1. The van der Waals surface area contributed by atoms with E-state index in [9.17, 15) is 9.59 Å². The van der Waals surface area contributed by atoms with Gasteiger partial charge in [0.2, 0.25) is 10.9 Å². The number of methoxy groups -OCH3 is 1. The maximum Gasteiger partial charge on any atom is 0.337 e. The van der Waals surface area contributed by atoms with Crippen molar-refractivity contribution in [1.29, 1.82) is 0 Å². The molecule has 1 amide bonds. The lowest BCUT2D eigenvalue weighted by Crippen LogP contribution is -2.30. The van der Waals surface area contributed by atoms with Gasteiger partial charge in [0.15, 0.2) is 5.16 Å². The highest BCUT2D eigenvalue weighted by Crippen LogP contribution is 2.31. The van der Waals surface area contributed by atoms with E-state index < -0.39 is 0 Å². The van der Waals surface area contributed by atoms with Gasteiger partial charge >= 0.3 is 5.97 Å². The van der Waals surface area contributed by atoms with Crippen molar-refractivity contribution in [3.8, 4) is 0 Å². The number of amides is 1. The Morgan fingerprint density at radius 1 is 1.17 bits per heavy atom. The first-order valence-corrected chi connectivity index (χ1v) is 10.6. The first-order chi connectivity index (χ1) is 14.1. The molecule has 0 aliphatic carbocycles. The molecular weight excluding hydrogens is 408 g/mol. The highest BCUT2D eigenvalue weighted by Gasteiger charge is 2.20. The van der Waals surface area contributed by atoms with Gasteiger partial charge in [0.25, 0.3) is 0 Å². The van der Waals surface area contributed by atoms with Crippen molar-refractivity contribution in [2.24, 2.45) is 0 Å². The smallest absolute Gasteiger partial charge is 0.337 e. The van der Waals surface area contributed by atoms with Gasteiger partial charge in [-0.25, -0.2) is 4.79 Å². The van der Waals surface area contributed by atoms with Crippen LogP contribution in [0.1, 0.15) is 22.8 Å². The van der Waals surface area contributed by atoms with E-state index in [1.807, 2.05) is 35.6 Å².